The van der Waals surface area contributed by atoms with Gasteiger partial charge in [-0.05, 0) is 38.0 Å². The van der Waals surface area contributed by atoms with Crippen molar-refractivity contribution in [3.8, 4) is 23.0 Å². The number of benzene rings is 1. The van der Waals surface area contributed by atoms with Crippen molar-refractivity contribution in [1.29, 1.82) is 0 Å². The van der Waals surface area contributed by atoms with Gasteiger partial charge < -0.3 is 23.6 Å². The van der Waals surface area contributed by atoms with Gasteiger partial charge in [0.15, 0.2) is 11.5 Å². The first-order valence-corrected chi connectivity index (χ1v) is 10.9. The van der Waals surface area contributed by atoms with Gasteiger partial charge in [-0.3, -0.25) is 4.79 Å². The molecule has 3 aromatic rings. The van der Waals surface area contributed by atoms with Crippen LogP contribution in [-0.2, 0) is 4.79 Å². The number of anilines is 1. The molecule has 5 rings (SSSR count). The molecule has 0 saturated heterocycles. The highest BCUT2D eigenvalue weighted by atomic mass is 32.2. The van der Waals surface area contributed by atoms with Crippen molar-refractivity contribution < 1.29 is 23.1 Å². The van der Waals surface area contributed by atoms with Gasteiger partial charge in [0, 0.05) is 24.6 Å². The number of hydrogen-bond donors (Lipinski definition) is 1. The van der Waals surface area contributed by atoms with Crippen LogP contribution in [-0.4, -0.2) is 27.6 Å². The number of aromatic nitrogens is 2. The Morgan fingerprint density at radius 1 is 1.13 bits per heavy atom. The average Bonchev–Trinajstić information content (AvgIpc) is 3.45. The van der Waals surface area contributed by atoms with Gasteiger partial charge in [-0.1, -0.05) is 18.2 Å². The summed E-state index contributed by atoms with van der Waals surface area (Å²) in [5.41, 5.74) is 1.41. The third-order valence-corrected chi connectivity index (χ3v) is 6.08. The molecule has 2 aromatic heterocycles. The molecule has 8 nitrogen and oxygen atoms in total. The summed E-state index contributed by atoms with van der Waals surface area (Å²) in [6, 6.07) is 7.24. The predicted octanol–water partition coefficient (Wildman–Crippen LogP) is 4.80. The maximum absolute atomic E-state index is 12.4. The molecule has 1 aromatic carbocycles. The fourth-order valence-corrected chi connectivity index (χ4v) is 4.34. The Morgan fingerprint density at radius 2 is 1.97 bits per heavy atom. The second kappa shape index (κ2) is 7.71. The molecule has 9 heteroatoms. The minimum absolute atomic E-state index is 0.143. The fourth-order valence-electron chi connectivity index (χ4n) is 3.77. The Labute approximate surface area is 177 Å². The van der Waals surface area contributed by atoms with Gasteiger partial charge in [0.05, 0.1) is 17.6 Å². The maximum atomic E-state index is 12.4. The van der Waals surface area contributed by atoms with E-state index in [9.17, 15) is 4.79 Å². The van der Waals surface area contributed by atoms with Gasteiger partial charge in [0.25, 0.3) is 16.9 Å². The Balaban J connectivity index is 1.18. The lowest BCUT2D eigenvalue weighted by Gasteiger charge is -2.31. The summed E-state index contributed by atoms with van der Waals surface area (Å²) in [7, 11) is 0. The summed E-state index contributed by atoms with van der Waals surface area (Å²) in [4.78, 5) is 12.4. The molecule has 3 heterocycles. The first-order valence-electron chi connectivity index (χ1n) is 9.93. The van der Waals surface area contributed by atoms with Gasteiger partial charge >= 0.3 is 0 Å². The van der Waals surface area contributed by atoms with Gasteiger partial charge in [-0.25, -0.2) is 0 Å². The second-order valence-corrected chi connectivity index (χ2v) is 8.36. The maximum Gasteiger partial charge on any atom is 0.277 e. The third kappa shape index (κ3) is 3.77. The Hall–Kier alpha value is -2.94. The summed E-state index contributed by atoms with van der Waals surface area (Å²) < 4.78 is 23.0. The summed E-state index contributed by atoms with van der Waals surface area (Å²) in [6.07, 6.45) is 6.78. The Kier molecular flexibility index (Phi) is 4.90. The minimum atomic E-state index is -0.526. The molecule has 0 bridgehead atoms. The van der Waals surface area contributed by atoms with Crippen LogP contribution in [0.1, 0.15) is 37.9 Å². The number of fused-ring (bicyclic) bond motifs is 1. The molecule has 1 aliphatic carbocycles. The molecule has 156 valence electrons. The van der Waals surface area contributed by atoms with Crippen molar-refractivity contribution in [2.45, 2.75) is 50.0 Å². The van der Waals surface area contributed by atoms with E-state index in [1.807, 2.05) is 25.1 Å². The molecule has 1 amide bonds. The number of amides is 1. The molecular weight excluding hydrogens is 406 g/mol. The normalized spacial score (nSPS) is 16.7. The minimum Gasteiger partial charge on any atom is -0.469 e. The number of ether oxygens (including phenoxy) is 2. The van der Waals surface area contributed by atoms with Crippen LogP contribution in [0.5, 0.6) is 11.5 Å². The number of hydrogen-bond acceptors (Lipinski definition) is 8. The lowest BCUT2D eigenvalue weighted by atomic mass is 9.94. The standard InChI is InChI=1S/C21H21N3O5S/c1-13-15(7-10-26-13)19-23-24-20(27-19)30-12-18(25)22-14-5-6-16-17(11-14)29-21(28-16)8-3-2-4-9-21/h5-7,10-11H,2-4,8-9,12H2,1H3,(H,22,25). The average molecular weight is 427 g/mol. The number of thioether (sulfide) groups is 1. The van der Waals surface area contributed by atoms with Crippen LogP contribution in [0.25, 0.3) is 11.5 Å². The van der Waals surface area contributed by atoms with E-state index >= 15 is 0 Å². The largest absolute Gasteiger partial charge is 0.469 e. The van der Waals surface area contributed by atoms with Crippen LogP contribution >= 0.6 is 11.8 Å². The van der Waals surface area contributed by atoms with E-state index in [0.717, 1.165) is 37.0 Å². The number of carbonyl (C=O) groups excluding carboxylic acids is 1. The van der Waals surface area contributed by atoms with Crippen LogP contribution in [0.15, 0.2) is 44.6 Å². The van der Waals surface area contributed by atoms with Crippen LogP contribution in [0.2, 0.25) is 0 Å². The fraction of sp³-hybridized carbons (Fsp3) is 0.381. The summed E-state index contributed by atoms with van der Waals surface area (Å²) in [5.74, 6) is 1.93. The number of furan rings is 1. The number of carbonyl (C=O) groups is 1. The number of nitrogens with one attached hydrogen (secondary N) is 1. The molecule has 1 N–H and O–H groups in total. The van der Waals surface area contributed by atoms with E-state index in [4.69, 9.17) is 18.3 Å². The molecule has 1 aliphatic heterocycles. The first-order chi connectivity index (χ1) is 14.6. The van der Waals surface area contributed by atoms with Crippen molar-refractivity contribution in [3.63, 3.8) is 0 Å². The van der Waals surface area contributed by atoms with E-state index in [0.29, 0.717) is 28.3 Å². The van der Waals surface area contributed by atoms with Crippen molar-refractivity contribution >= 4 is 23.4 Å². The van der Waals surface area contributed by atoms with E-state index < -0.39 is 5.79 Å². The molecule has 1 saturated carbocycles. The molecule has 0 atom stereocenters. The highest BCUT2D eigenvalue weighted by Gasteiger charge is 2.42. The van der Waals surface area contributed by atoms with Crippen LogP contribution < -0.4 is 14.8 Å². The lowest BCUT2D eigenvalue weighted by Crippen LogP contribution is -2.40. The zero-order valence-corrected chi connectivity index (χ0v) is 17.3. The smallest absolute Gasteiger partial charge is 0.277 e. The first kappa shape index (κ1) is 19.0. The van der Waals surface area contributed by atoms with Crippen LogP contribution in [0.4, 0.5) is 5.69 Å². The van der Waals surface area contributed by atoms with E-state index in [1.165, 1.54) is 18.2 Å². The third-order valence-electron chi connectivity index (χ3n) is 5.26. The van der Waals surface area contributed by atoms with Gasteiger partial charge in [-0.2, -0.15) is 0 Å². The van der Waals surface area contributed by atoms with E-state index in [-0.39, 0.29) is 11.7 Å². The van der Waals surface area contributed by atoms with E-state index in [1.54, 1.807) is 12.3 Å². The molecule has 0 radical (unpaired) electrons. The zero-order chi connectivity index (χ0) is 20.6. The van der Waals surface area contributed by atoms with Crippen LogP contribution in [0.3, 0.4) is 0 Å². The van der Waals surface area contributed by atoms with Crippen molar-refractivity contribution in [2.75, 3.05) is 11.1 Å². The molecular formula is C21H21N3O5S. The molecule has 30 heavy (non-hydrogen) atoms. The summed E-state index contributed by atoms with van der Waals surface area (Å²) in [5, 5.41) is 11.2. The highest BCUT2D eigenvalue weighted by Crippen LogP contribution is 2.46. The second-order valence-electron chi connectivity index (χ2n) is 7.44. The SMILES string of the molecule is Cc1occc1-c1nnc(SCC(=O)Nc2ccc3c(c2)OC2(CCCCC2)O3)o1. The molecule has 1 spiro atoms. The number of rotatable bonds is 5. The molecule has 2 aliphatic rings. The van der Waals surface area contributed by atoms with E-state index in [2.05, 4.69) is 15.5 Å². The van der Waals surface area contributed by atoms with Crippen LogP contribution in [0, 0.1) is 6.92 Å². The van der Waals surface area contributed by atoms with Crippen molar-refractivity contribution in [3.05, 3.63) is 36.3 Å². The molecule has 1 fully saturated rings. The topological polar surface area (TPSA) is 99.6 Å². The molecule has 0 unspecified atom stereocenters. The lowest BCUT2D eigenvalue weighted by molar-refractivity contribution is -0.113. The Bertz CT molecular complexity index is 1070. The van der Waals surface area contributed by atoms with Crippen molar-refractivity contribution in [1.82, 2.24) is 10.2 Å². The Morgan fingerprint density at radius 3 is 2.77 bits per heavy atom. The predicted molar refractivity (Wildman–Crippen MR) is 110 cm³/mol. The zero-order valence-electron chi connectivity index (χ0n) is 16.5. The highest BCUT2D eigenvalue weighted by molar-refractivity contribution is 7.99. The monoisotopic (exact) mass is 427 g/mol. The van der Waals surface area contributed by atoms with Gasteiger partial charge in [0.2, 0.25) is 5.91 Å². The number of nitrogens with zero attached hydrogens (tertiary/aromatic N) is 2. The van der Waals surface area contributed by atoms with Crippen molar-refractivity contribution in [2.24, 2.45) is 0 Å². The summed E-state index contributed by atoms with van der Waals surface area (Å²) >= 11 is 1.18. The summed E-state index contributed by atoms with van der Waals surface area (Å²) in [6.45, 7) is 1.82. The number of aryl methyl sites for hydroxylation is 1. The van der Waals surface area contributed by atoms with Gasteiger partial charge in [-0.15, -0.1) is 10.2 Å². The quantitative estimate of drug-likeness (QED) is 0.580. The van der Waals surface area contributed by atoms with Gasteiger partial charge in [0.1, 0.15) is 5.76 Å².